The minimum atomic E-state index is -0.303. The first kappa shape index (κ1) is 13.7. The third kappa shape index (κ3) is 5.01. The summed E-state index contributed by atoms with van der Waals surface area (Å²) in [5.41, 5.74) is 0. The van der Waals surface area contributed by atoms with Gasteiger partial charge in [-0.15, -0.1) is 0 Å². The van der Waals surface area contributed by atoms with Crippen LogP contribution in [0.25, 0.3) is 0 Å². The zero-order valence-corrected chi connectivity index (χ0v) is 10.3. The third-order valence-corrected chi connectivity index (χ3v) is 2.16. The lowest BCUT2D eigenvalue weighted by Gasteiger charge is -2.19. The van der Waals surface area contributed by atoms with Crippen molar-refractivity contribution >= 4 is 5.97 Å². The smallest absolute Gasteiger partial charge is 0.302 e. The van der Waals surface area contributed by atoms with Gasteiger partial charge in [-0.2, -0.15) is 0 Å². The molecule has 0 N–H and O–H groups in total. The van der Waals surface area contributed by atoms with Gasteiger partial charge in [-0.1, -0.05) is 0 Å². The molecule has 5 nitrogen and oxygen atoms in total. The molecule has 0 amide bonds. The average molecular weight is 242 g/mol. The Kier molecular flexibility index (Phi) is 5.72. The van der Waals surface area contributed by atoms with Gasteiger partial charge in [0.25, 0.3) is 0 Å². The van der Waals surface area contributed by atoms with Crippen molar-refractivity contribution in [3.8, 4) is 0 Å². The number of rotatable bonds is 7. The maximum atomic E-state index is 10.8. The number of furan rings is 1. The standard InChI is InChI=1S/C12H18O5/c1-9(17-10(2)13)7-12(16-8-14-3)11-5-4-6-15-11/h4-6,9,12H,7-8H2,1-3H3/t9-,12-/m1/s1. The number of hydrogen-bond acceptors (Lipinski definition) is 5. The Morgan fingerprint density at radius 1 is 1.53 bits per heavy atom. The molecular weight excluding hydrogens is 224 g/mol. The van der Waals surface area contributed by atoms with Crippen molar-refractivity contribution in [1.82, 2.24) is 0 Å². The van der Waals surface area contributed by atoms with E-state index in [0.29, 0.717) is 12.2 Å². The van der Waals surface area contributed by atoms with Crippen LogP contribution in [0.4, 0.5) is 0 Å². The second-order valence-electron chi connectivity index (χ2n) is 3.73. The number of ether oxygens (including phenoxy) is 3. The molecule has 96 valence electrons. The molecule has 5 heteroatoms. The number of esters is 1. The first-order chi connectivity index (χ1) is 8.13. The van der Waals surface area contributed by atoms with E-state index in [4.69, 9.17) is 18.6 Å². The molecule has 0 aliphatic heterocycles. The number of carbonyl (C=O) groups excluding carboxylic acids is 1. The van der Waals surface area contributed by atoms with Crippen LogP contribution < -0.4 is 0 Å². The van der Waals surface area contributed by atoms with E-state index in [1.807, 2.05) is 13.0 Å². The van der Waals surface area contributed by atoms with Crippen LogP contribution >= 0.6 is 0 Å². The Balaban J connectivity index is 2.54. The van der Waals surface area contributed by atoms with Crippen LogP contribution in [0.5, 0.6) is 0 Å². The number of methoxy groups -OCH3 is 1. The zero-order chi connectivity index (χ0) is 12.7. The van der Waals surface area contributed by atoms with Gasteiger partial charge >= 0.3 is 5.97 Å². The summed E-state index contributed by atoms with van der Waals surface area (Å²) in [5, 5.41) is 0. The van der Waals surface area contributed by atoms with Crippen molar-refractivity contribution in [1.29, 1.82) is 0 Å². The van der Waals surface area contributed by atoms with Crippen molar-refractivity contribution < 1.29 is 23.4 Å². The second kappa shape index (κ2) is 7.09. The summed E-state index contributed by atoms with van der Waals surface area (Å²) in [5.74, 6) is 0.392. The Bertz CT molecular complexity index is 320. The summed E-state index contributed by atoms with van der Waals surface area (Å²) in [6.07, 6.45) is 1.59. The Morgan fingerprint density at radius 3 is 2.82 bits per heavy atom. The van der Waals surface area contributed by atoms with Crippen LogP contribution in [0.2, 0.25) is 0 Å². The Morgan fingerprint density at radius 2 is 2.29 bits per heavy atom. The van der Waals surface area contributed by atoms with Gasteiger partial charge in [-0.05, 0) is 19.1 Å². The molecule has 0 radical (unpaired) electrons. The molecule has 0 spiro atoms. The molecule has 17 heavy (non-hydrogen) atoms. The molecule has 0 saturated heterocycles. The Labute approximate surface area is 101 Å². The minimum Gasteiger partial charge on any atom is -0.467 e. The van der Waals surface area contributed by atoms with Crippen molar-refractivity contribution in [2.45, 2.75) is 32.5 Å². The van der Waals surface area contributed by atoms with Crippen LogP contribution in [0.15, 0.2) is 22.8 Å². The van der Waals surface area contributed by atoms with Crippen molar-refractivity contribution in [2.75, 3.05) is 13.9 Å². The minimum absolute atomic E-state index is 0.165. The van der Waals surface area contributed by atoms with Gasteiger partial charge in [0.2, 0.25) is 0 Å². The van der Waals surface area contributed by atoms with E-state index in [0.717, 1.165) is 0 Å². The Hall–Kier alpha value is -1.33. The zero-order valence-electron chi connectivity index (χ0n) is 10.3. The van der Waals surface area contributed by atoms with E-state index in [9.17, 15) is 4.79 Å². The molecular formula is C12H18O5. The van der Waals surface area contributed by atoms with Crippen molar-refractivity contribution in [3.63, 3.8) is 0 Å². The van der Waals surface area contributed by atoms with Gasteiger partial charge in [0, 0.05) is 20.5 Å². The molecule has 0 aromatic carbocycles. The second-order valence-corrected chi connectivity index (χ2v) is 3.73. The maximum absolute atomic E-state index is 10.8. The average Bonchev–Trinajstić information content (AvgIpc) is 2.76. The topological polar surface area (TPSA) is 57.9 Å². The van der Waals surface area contributed by atoms with Crippen LogP contribution in [-0.4, -0.2) is 26.0 Å². The van der Waals surface area contributed by atoms with Crippen LogP contribution in [0, 0.1) is 0 Å². The largest absolute Gasteiger partial charge is 0.467 e. The fraction of sp³-hybridized carbons (Fsp3) is 0.583. The number of hydrogen-bond donors (Lipinski definition) is 0. The van der Waals surface area contributed by atoms with E-state index >= 15 is 0 Å². The highest BCUT2D eigenvalue weighted by Gasteiger charge is 2.20. The quantitative estimate of drug-likeness (QED) is 0.542. The monoisotopic (exact) mass is 242 g/mol. The van der Waals surface area contributed by atoms with Crippen LogP contribution in [0.1, 0.15) is 32.1 Å². The van der Waals surface area contributed by atoms with Crippen LogP contribution in [-0.2, 0) is 19.0 Å². The highest BCUT2D eigenvalue weighted by Crippen LogP contribution is 2.24. The first-order valence-electron chi connectivity index (χ1n) is 5.44. The predicted octanol–water partition coefficient (Wildman–Crippen LogP) is 2.28. The summed E-state index contributed by atoms with van der Waals surface area (Å²) >= 11 is 0. The maximum Gasteiger partial charge on any atom is 0.302 e. The first-order valence-corrected chi connectivity index (χ1v) is 5.44. The molecule has 1 aromatic rings. The van der Waals surface area contributed by atoms with Gasteiger partial charge in [0.1, 0.15) is 24.8 Å². The van der Waals surface area contributed by atoms with Gasteiger partial charge in [-0.25, -0.2) is 0 Å². The fourth-order valence-corrected chi connectivity index (χ4v) is 1.52. The van der Waals surface area contributed by atoms with E-state index < -0.39 is 0 Å². The molecule has 0 aliphatic rings. The molecule has 0 saturated carbocycles. The third-order valence-electron chi connectivity index (χ3n) is 2.16. The van der Waals surface area contributed by atoms with Crippen molar-refractivity contribution in [2.24, 2.45) is 0 Å². The predicted molar refractivity (Wildman–Crippen MR) is 60.3 cm³/mol. The molecule has 0 bridgehead atoms. The summed E-state index contributed by atoms with van der Waals surface area (Å²) < 4.78 is 20.7. The van der Waals surface area contributed by atoms with Gasteiger partial charge in [-0.3, -0.25) is 4.79 Å². The number of carbonyl (C=O) groups is 1. The molecule has 1 rings (SSSR count). The summed E-state index contributed by atoms with van der Waals surface area (Å²) in [6, 6.07) is 3.61. The van der Waals surface area contributed by atoms with E-state index in [2.05, 4.69) is 0 Å². The normalized spacial score (nSPS) is 14.3. The van der Waals surface area contributed by atoms with Gasteiger partial charge in [0.15, 0.2) is 0 Å². The summed E-state index contributed by atoms with van der Waals surface area (Å²) in [4.78, 5) is 10.8. The van der Waals surface area contributed by atoms with Crippen molar-refractivity contribution in [3.05, 3.63) is 24.2 Å². The SMILES string of the molecule is COCO[C@H](C[C@@H](C)OC(C)=O)c1ccco1. The van der Waals surface area contributed by atoms with E-state index in [-0.39, 0.29) is 25.0 Å². The lowest BCUT2D eigenvalue weighted by atomic mass is 10.1. The van der Waals surface area contributed by atoms with Gasteiger partial charge < -0.3 is 18.6 Å². The molecule has 1 aromatic heterocycles. The fourth-order valence-electron chi connectivity index (χ4n) is 1.52. The highest BCUT2D eigenvalue weighted by atomic mass is 16.7. The van der Waals surface area contributed by atoms with E-state index in [1.54, 1.807) is 19.4 Å². The molecule has 0 unspecified atom stereocenters. The molecule has 0 aliphatic carbocycles. The molecule has 0 fully saturated rings. The lowest BCUT2D eigenvalue weighted by Crippen LogP contribution is -2.18. The summed E-state index contributed by atoms with van der Waals surface area (Å²) in [6.45, 7) is 3.36. The van der Waals surface area contributed by atoms with Crippen LogP contribution in [0.3, 0.4) is 0 Å². The molecule has 2 atom stereocenters. The van der Waals surface area contributed by atoms with Gasteiger partial charge in [0.05, 0.1) is 6.26 Å². The molecule has 1 heterocycles. The lowest BCUT2D eigenvalue weighted by molar-refractivity contribution is -0.149. The highest BCUT2D eigenvalue weighted by molar-refractivity contribution is 5.66. The van der Waals surface area contributed by atoms with E-state index in [1.165, 1.54) is 6.92 Å². The summed E-state index contributed by atoms with van der Waals surface area (Å²) in [7, 11) is 1.55.